The first-order valence-corrected chi connectivity index (χ1v) is 7.47. The highest BCUT2D eigenvalue weighted by molar-refractivity contribution is 8.18. The van der Waals surface area contributed by atoms with E-state index in [1.54, 1.807) is 6.08 Å². The van der Waals surface area contributed by atoms with Crippen LogP contribution in [0.25, 0.3) is 0 Å². The Morgan fingerprint density at radius 1 is 1.20 bits per heavy atom. The number of aliphatic imine (C=N–C) groups is 1. The van der Waals surface area contributed by atoms with Crippen LogP contribution < -0.4 is 0 Å². The van der Waals surface area contributed by atoms with Crippen molar-refractivity contribution in [1.29, 1.82) is 0 Å². The summed E-state index contributed by atoms with van der Waals surface area (Å²) in [6, 6.07) is 9.74. The third-order valence-electron chi connectivity index (χ3n) is 3.18. The van der Waals surface area contributed by atoms with Crippen LogP contribution in [-0.4, -0.2) is 29.1 Å². The molecule has 2 aliphatic heterocycles. The van der Waals surface area contributed by atoms with Crippen molar-refractivity contribution in [1.82, 2.24) is 4.90 Å². The van der Waals surface area contributed by atoms with Crippen LogP contribution in [-0.2, 0) is 4.79 Å². The molecular formula is C16H14N2OS. The number of nitrogens with zero attached hydrogens (tertiary/aromatic N) is 2. The molecule has 0 unspecified atom stereocenters. The molecule has 0 spiro atoms. The normalized spacial score (nSPS) is 20.0. The lowest BCUT2D eigenvalue weighted by Crippen LogP contribution is -2.23. The van der Waals surface area contributed by atoms with E-state index < -0.39 is 0 Å². The molecule has 1 saturated heterocycles. The number of amidine groups is 1. The number of likely N-dealkylation sites (tertiary alicyclic amines) is 1. The van der Waals surface area contributed by atoms with Crippen LogP contribution in [0.1, 0.15) is 18.4 Å². The second-order valence-electron chi connectivity index (χ2n) is 4.64. The lowest BCUT2D eigenvalue weighted by Gasteiger charge is -2.14. The van der Waals surface area contributed by atoms with E-state index in [-0.39, 0.29) is 5.91 Å². The lowest BCUT2D eigenvalue weighted by atomic mass is 10.2. The topological polar surface area (TPSA) is 32.7 Å². The minimum Gasteiger partial charge on any atom is -0.351 e. The molecule has 20 heavy (non-hydrogen) atoms. The molecule has 100 valence electrons. The van der Waals surface area contributed by atoms with Crippen molar-refractivity contribution in [3.8, 4) is 11.8 Å². The standard InChI is InChI=1S/C16H14N2OS/c19-15-14(10-6-9-13-7-2-1-3-8-13)20-16(17-15)18-11-4-5-12-18/h1-3,7-8,10H,4-5,11-12H2/b14-10-. The summed E-state index contributed by atoms with van der Waals surface area (Å²) in [6.45, 7) is 2.00. The summed E-state index contributed by atoms with van der Waals surface area (Å²) in [5, 5.41) is 0.834. The van der Waals surface area contributed by atoms with Gasteiger partial charge in [-0.05, 0) is 36.7 Å². The van der Waals surface area contributed by atoms with Gasteiger partial charge in [0.1, 0.15) is 0 Å². The van der Waals surface area contributed by atoms with E-state index in [1.807, 2.05) is 30.3 Å². The maximum atomic E-state index is 11.8. The zero-order valence-corrected chi connectivity index (χ0v) is 11.8. The maximum Gasteiger partial charge on any atom is 0.286 e. The fourth-order valence-corrected chi connectivity index (χ4v) is 3.04. The second kappa shape index (κ2) is 5.98. The summed E-state index contributed by atoms with van der Waals surface area (Å²) < 4.78 is 0. The van der Waals surface area contributed by atoms with Crippen molar-refractivity contribution in [2.24, 2.45) is 4.99 Å². The van der Waals surface area contributed by atoms with Gasteiger partial charge in [-0.2, -0.15) is 4.99 Å². The van der Waals surface area contributed by atoms with Gasteiger partial charge >= 0.3 is 0 Å². The van der Waals surface area contributed by atoms with Crippen LogP contribution in [0.2, 0.25) is 0 Å². The SMILES string of the molecule is O=C1N=C(N2CCCC2)S/C1=C\C#Cc1ccccc1. The van der Waals surface area contributed by atoms with Gasteiger partial charge in [-0.3, -0.25) is 4.79 Å². The van der Waals surface area contributed by atoms with E-state index in [4.69, 9.17) is 0 Å². The quantitative estimate of drug-likeness (QED) is 0.542. The molecule has 0 bridgehead atoms. The monoisotopic (exact) mass is 282 g/mol. The number of carbonyl (C=O) groups excluding carboxylic acids is 1. The largest absolute Gasteiger partial charge is 0.351 e. The zero-order valence-electron chi connectivity index (χ0n) is 11.0. The van der Waals surface area contributed by atoms with E-state index in [0.717, 1.165) is 23.8 Å². The Morgan fingerprint density at radius 2 is 1.95 bits per heavy atom. The number of benzene rings is 1. The molecule has 2 heterocycles. The molecule has 1 aromatic rings. The van der Waals surface area contributed by atoms with Gasteiger partial charge in [0, 0.05) is 24.7 Å². The predicted octanol–water partition coefficient (Wildman–Crippen LogP) is 2.65. The summed E-state index contributed by atoms with van der Waals surface area (Å²) in [4.78, 5) is 18.7. The van der Waals surface area contributed by atoms with Crippen molar-refractivity contribution in [2.45, 2.75) is 12.8 Å². The Hall–Kier alpha value is -1.99. The fourth-order valence-electron chi connectivity index (χ4n) is 2.15. The molecule has 1 aromatic carbocycles. The molecule has 3 nitrogen and oxygen atoms in total. The molecule has 3 rings (SSSR count). The van der Waals surface area contributed by atoms with Crippen molar-refractivity contribution in [2.75, 3.05) is 13.1 Å². The molecular weight excluding hydrogens is 268 g/mol. The number of allylic oxidation sites excluding steroid dienone is 1. The molecule has 2 aliphatic rings. The number of thioether (sulfide) groups is 1. The summed E-state index contributed by atoms with van der Waals surface area (Å²) in [7, 11) is 0. The van der Waals surface area contributed by atoms with Crippen molar-refractivity contribution in [3.63, 3.8) is 0 Å². The first-order chi connectivity index (χ1) is 9.83. The van der Waals surface area contributed by atoms with Gasteiger partial charge in [0.05, 0.1) is 4.91 Å². The minimum atomic E-state index is -0.167. The summed E-state index contributed by atoms with van der Waals surface area (Å²) >= 11 is 1.44. The molecule has 0 N–H and O–H groups in total. The first-order valence-electron chi connectivity index (χ1n) is 6.65. The number of amides is 1. The molecule has 0 radical (unpaired) electrons. The van der Waals surface area contributed by atoms with Gasteiger partial charge in [-0.1, -0.05) is 30.0 Å². The van der Waals surface area contributed by atoms with Crippen molar-refractivity contribution < 1.29 is 4.79 Å². The molecule has 0 aliphatic carbocycles. The Balaban J connectivity index is 1.69. The Kier molecular flexibility index (Phi) is 3.89. The van der Waals surface area contributed by atoms with E-state index in [1.165, 1.54) is 24.6 Å². The van der Waals surface area contributed by atoms with Crippen LogP contribution in [0.3, 0.4) is 0 Å². The third-order valence-corrected chi connectivity index (χ3v) is 4.22. The number of rotatable bonds is 0. The summed E-state index contributed by atoms with van der Waals surface area (Å²) in [5.74, 6) is 5.79. The highest BCUT2D eigenvalue weighted by Crippen LogP contribution is 2.29. The van der Waals surface area contributed by atoms with E-state index in [2.05, 4.69) is 21.7 Å². The van der Waals surface area contributed by atoms with Gasteiger partial charge in [0.15, 0.2) is 5.17 Å². The zero-order chi connectivity index (χ0) is 13.8. The molecule has 4 heteroatoms. The van der Waals surface area contributed by atoms with Crippen LogP contribution in [0.15, 0.2) is 46.3 Å². The molecule has 0 aromatic heterocycles. The maximum absolute atomic E-state index is 11.8. The number of carbonyl (C=O) groups is 1. The number of hydrogen-bond acceptors (Lipinski definition) is 3. The average molecular weight is 282 g/mol. The summed E-state index contributed by atoms with van der Waals surface area (Å²) in [6.07, 6.45) is 4.04. The van der Waals surface area contributed by atoms with Gasteiger partial charge in [-0.25, -0.2) is 0 Å². The second-order valence-corrected chi connectivity index (χ2v) is 5.65. The highest BCUT2D eigenvalue weighted by atomic mass is 32.2. The first kappa shape index (κ1) is 13.0. The van der Waals surface area contributed by atoms with Crippen LogP contribution in [0, 0.1) is 11.8 Å². The van der Waals surface area contributed by atoms with E-state index in [0.29, 0.717) is 4.91 Å². The van der Waals surface area contributed by atoms with E-state index in [9.17, 15) is 4.79 Å². The summed E-state index contributed by atoms with van der Waals surface area (Å²) in [5.41, 5.74) is 0.945. The smallest absolute Gasteiger partial charge is 0.286 e. The third kappa shape index (κ3) is 2.94. The molecule has 0 atom stereocenters. The fraction of sp³-hybridized carbons (Fsp3) is 0.250. The van der Waals surface area contributed by atoms with Crippen LogP contribution in [0.4, 0.5) is 0 Å². The Labute approximate surface area is 122 Å². The van der Waals surface area contributed by atoms with Crippen LogP contribution >= 0.6 is 11.8 Å². The van der Waals surface area contributed by atoms with Gasteiger partial charge in [0.2, 0.25) is 0 Å². The van der Waals surface area contributed by atoms with Crippen molar-refractivity contribution in [3.05, 3.63) is 46.9 Å². The average Bonchev–Trinajstić information content (AvgIpc) is 3.10. The predicted molar refractivity (Wildman–Crippen MR) is 82.2 cm³/mol. The Morgan fingerprint density at radius 3 is 2.70 bits per heavy atom. The van der Waals surface area contributed by atoms with Gasteiger partial charge in [0.25, 0.3) is 5.91 Å². The van der Waals surface area contributed by atoms with Gasteiger partial charge < -0.3 is 4.90 Å². The lowest BCUT2D eigenvalue weighted by molar-refractivity contribution is -0.113. The Bertz CT molecular complexity index is 631. The number of hydrogen-bond donors (Lipinski definition) is 0. The van der Waals surface area contributed by atoms with Crippen molar-refractivity contribution >= 4 is 22.8 Å². The molecule has 1 fully saturated rings. The molecule has 0 saturated carbocycles. The minimum absolute atomic E-state index is 0.167. The van der Waals surface area contributed by atoms with Crippen LogP contribution in [0.5, 0.6) is 0 Å². The highest BCUT2D eigenvalue weighted by Gasteiger charge is 2.27. The molecule has 1 amide bonds. The van der Waals surface area contributed by atoms with Gasteiger partial charge in [-0.15, -0.1) is 0 Å². The van der Waals surface area contributed by atoms with E-state index >= 15 is 0 Å².